The molecule has 0 aromatic carbocycles. The average Bonchev–Trinajstić information content (AvgIpc) is 2.32. The summed E-state index contributed by atoms with van der Waals surface area (Å²) >= 11 is 0. The predicted molar refractivity (Wildman–Crippen MR) is 59.7 cm³/mol. The van der Waals surface area contributed by atoms with Gasteiger partial charge in [-0.05, 0) is 44.4 Å². The molecule has 0 aromatic rings. The van der Waals surface area contributed by atoms with Gasteiger partial charge in [0.2, 0.25) is 0 Å². The van der Waals surface area contributed by atoms with E-state index < -0.39 is 0 Å². The molecule has 72 valence electrons. The molecule has 1 fully saturated rings. The number of rotatable bonds is 4. The SMILES string of the molecule is C=CCC1(CC(=C)C)CCCC1=C. The molecular formula is C13H20. The molecule has 0 heterocycles. The molecule has 0 saturated heterocycles. The van der Waals surface area contributed by atoms with Gasteiger partial charge in [-0.25, -0.2) is 0 Å². The Morgan fingerprint density at radius 1 is 1.62 bits per heavy atom. The quantitative estimate of drug-likeness (QED) is 0.561. The van der Waals surface area contributed by atoms with E-state index in [1.807, 2.05) is 6.08 Å². The largest absolute Gasteiger partial charge is 0.103 e. The van der Waals surface area contributed by atoms with Crippen LogP contribution in [0, 0.1) is 5.41 Å². The fraction of sp³-hybridized carbons (Fsp3) is 0.538. The van der Waals surface area contributed by atoms with Crippen LogP contribution in [-0.4, -0.2) is 0 Å². The first kappa shape index (κ1) is 10.3. The van der Waals surface area contributed by atoms with E-state index in [9.17, 15) is 0 Å². The summed E-state index contributed by atoms with van der Waals surface area (Å²) < 4.78 is 0. The zero-order chi connectivity index (χ0) is 9.90. The molecule has 1 unspecified atom stereocenters. The lowest BCUT2D eigenvalue weighted by Gasteiger charge is -2.29. The molecule has 1 aliphatic carbocycles. The van der Waals surface area contributed by atoms with Crippen LogP contribution in [0.5, 0.6) is 0 Å². The van der Waals surface area contributed by atoms with Crippen molar-refractivity contribution in [2.45, 2.75) is 39.0 Å². The predicted octanol–water partition coefficient (Wildman–Crippen LogP) is 4.26. The maximum absolute atomic E-state index is 4.19. The van der Waals surface area contributed by atoms with Crippen LogP contribution in [0.3, 0.4) is 0 Å². The third-order valence-corrected chi connectivity index (χ3v) is 3.06. The third kappa shape index (κ3) is 2.12. The van der Waals surface area contributed by atoms with Crippen LogP contribution < -0.4 is 0 Å². The van der Waals surface area contributed by atoms with Crippen molar-refractivity contribution in [3.63, 3.8) is 0 Å². The fourth-order valence-corrected chi connectivity index (χ4v) is 2.47. The van der Waals surface area contributed by atoms with E-state index in [1.54, 1.807) is 0 Å². The molecule has 1 saturated carbocycles. The highest BCUT2D eigenvalue weighted by molar-refractivity contribution is 5.20. The third-order valence-electron chi connectivity index (χ3n) is 3.06. The van der Waals surface area contributed by atoms with Gasteiger partial charge in [0.1, 0.15) is 0 Å². The lowest BCUT2D eigenvalue weighted by atomic mass is 9.75. The van der Waals surface area contributed by atoms with Gasteiger partial charge in [0.05, 0.1) is 0 Å². The van der Waals surface area contributed by atoms with Gasteiger partial charge in [-0.1, -0.05) is 23.8 Å². The van der Waals surface area contributed by atoms with E-state index in [1.165, 1.54) is 30.4 Å². The highest BCUT2D eigenvalue weighted by atomic mass is 14.4. The second-order valence-corrected chi connectivity index (χ2v) is 4.36. The Hall–Kier alpha value is -0.780. The van der Waals surface area contributed by atoms with Crippen molar-refractivity contribution in [2.75, 3.05) is 0 Å². The Morgan fingerprint density at radius 3 is 2.69 bits per heavy atom. The number of hydrogen-bond acceptors (Lipinski definition) is 0. The molecule has 13 heavy (non-hydrogen) atoms. The molecule has 0 aromatic heterocycles. The van der Waals surface area contributed by atoms with Crippen molar-refractivity contribution >= 4 is 0 Å². The summed E-state index contributed by atoms with van der Waals surface area (Å²) in [5, 5.41) is 0. The minimum Gasteiger partial charge on any atom is -0.103 e. The Morgan fingerprint density at radius 2 is 2.31 bits per heavy atom. The molecule has 0 N–H and O–H groups in total. The summed E-state index contributed by atoms with van der Waals surface area (Å²) in [5.41, 5.74) is 2.99. The van der Waals surface area contributed by atoms with Gasteiger partial charge in [0.15, 0.2) is 0 Å². The minimum atomic E-state index is 0.313. The molecule has 0 heteroatoms. The van der Waals surface area contributed by atoms with Crippen LogP contribution in [0.25, 0.3) is 0 Å². The van der Waals surface area contributed by atoms with Crippen molar-refractivity contribution in [3.05, 3.63) is 37.0 Å². The number of hydrogen-bond donors (Lipinski definition) is 0. The molecule has 1 atom stereocenters. The van der Waals surface area contributed by atoms with E-state index in [4.69, 9.17) is 0 Å². The average molecular weight is 176 g/mol. The minimum absolute atomic E-state index is 0.313. The maximum atomic E-state index is 4.19. The van der Waals surface area contributed by atoms with Gasteiger partial charge >= 0.3 is 0 Å². The smallest absolute Gasteiger partial charge is 0.00194 e. The topological polar surface area (TPSA) is 0 Å². The lowest BCUT2D eigenvalue weighted by Crippen LogP contribution is -2.17. The highest BCUT2D eigenvalue weighted by Gasteiger charge is 2.35. The fourth-order valence-electron chi connectivity index (χ4n) is 2.47. The highest BCUT2D eigenvalue weighted by Crippen LogP contribution is 2.48. The number of allylic oxidation sites excluding steroid dienone is 3. The Balaban J connectivity index is 2.79. The molecule has 0 aliphatic heterocycles. The summed E-state index contributed by atoms with van der Waals surface area (Å²) in [4.78, 5) is 0. The Kier molecular flexibility index (Phi) is 3.13. The molecular weight excluding hydrogens is 156 g/mol. The zero-order valence-corrected chi connectivity index (χ0v) is 8.73. The van der Waals surface area contributed by atoms with Gasteiger partial charge in [0.25, 0.3) is 0 Å². The first-order chi connectivity index (χ1) is 6.10. The molecule has 1 rings (SSSR count). The lowest BCUT2D eigenvalue weighted by molar-refractivity contribution is 0.368. The second kappa shape index (κ2) is 3.95. The van der Waals surface area contributed by atoms with E-state index in [-0.39, 0.29) is 0 Å². The molecule has 0 amide bonds. The molecule has 0 nitrogen and oxygen atoms in total. The van der Waals surface area contributed by atoms with E-state index in [0.29, 0.717) is 5.41 Å². The van der Waals surface area contributed by atoms with Crippen molar-refractivity contribution in [2.24, 2.45) is 5.41 Å². The summed E-state index contributed by atoms with van der Waals surface area (Å²) in [5.74, 6) is 0. The van der Waals surface area contributed by atoms with Gasteiger partial charge < -0.3 is 0 Å². The van der Waals surface area contributed by atoms with Gasteiger partial charge in [0, 0.05) is 0 Å². The molecule has 0 radical (unpaired) electrons. The Bertz CT molecular complexity index is 234. The van der Waals surface area contributed by atoms with Crippen molar-refractivity contribution in [1.29, 1.82) is 0 Å². The first-order valence-corrected chi connectivity index (χ1v) is 5.04. The van der Waals surface area contributed by atoms with Crippen LogP contribution in [0.15, 0.2) is 37.0 Å². The zero-order valence-electron chi connectivity index (χ0n) is 8.73. The summed E-state index contributed by atoms with van der Waals surface area (Å²) in [6.45, 7) is 14.1. The summed E-state index contributed by atoms with van der Waals surface area (Å²) in [6, 6.07) is 0. The van der Waals surface area contributed by atoms with Crippen LogP contribution in [-0.2, 0) is 0 Å². The van der Waals surface area contributed by atoms with E-state index >= 15 is 0 Å². The first-order valence-electron chi connectivity index (χ1n) is 5.04. The second-order valence-electron chi connectivity index (χ2n) is 4.36. The van der Waals surface area contributed by atoms with E-state index in [2.05, 4.69) is 26.7 Å². The molecule has 0 bridgehead atoms. The standard InChI is InChI=1S/C13H20/c1-5-8-13(10-11(2)3)9-6-7-12(13)4/h5H,1-2,4,6-10H2,3H3. The van der Waals surface area contributed by atoms with Crippen LogP contribution in [0.2, 0.25) is 0 Å². The van der Waals surface area contributed by atoms with Crippen molar-refractivity contribution in [3.8, 4) is 0 Å². The van der Waals surface area contributed by atoms with Crippen LogP contribution in [0.4, 0.5) is 0 Å². The van der Waals surface area contributed by atoms with Gasteiger partial charge in [-0.3, -0.25) is 0 Å². The van der Waals surface area contributed by atoms with Gasteiger partial charge in [-0.2, -0.15) is 0 Å². The molecule has 1 aliphatic rings. The Labute approximate surface area is 82.0 Å². The monoisotopic (exact) mass is 176 g/mol. The van der Waals surface area contributed by atoms with Crippen molar-refractivity contribution in [1.82, 2.24) is 0 Å². The summed E-state index contributed by atoms with van der Waals surface area (Å²) in [7, 11) is 0. The molecule has 0 spiro atoms. The van der Waals surface area contributed by atoms with Crippen molar-refractivity contribution < 1.29 is 0 Å². The summed E-state index contributed by atoms with van der Waals surface area (Å²) in [6.07, 6.45) is 7.95. The van der Waals surface area contributed by atoms with Crippen LogP contribution in [0.1, 0.15) is 39.0 Å². The van der Waals surface area contributed by atoms with Gasteiger partial charge in [-0.15, -0.1) is 13.2 Å². The van der Waals surface area contributed by atoms with Crippen LogP contribution >= 0.6 is 0 Å². The van der Waals surface area contributed by atoms with E-state index in [0.717, 1.165) is 12.8 Å². The maximum Gasteiger partial charge on any atom is -0.00194 e. The normalized spacial score (nSPS) is 27.6.